The molecule has 0 saturated carbocycles. The van der Waals surface area contributed by atoms with Crippen molar-refractivity contribution in [2.24, 2.45) is 5.92 Å². The molecule has 1 amide bonds. The molecule has 0 radical (unpaired) electrons. The number of sulfonamides is 1. The van der Waals surface area contributed by atoms with Crippen molar-refractivity contribution in [3.05, 3.63) is 41.8 Å². The molecule has 1 N–H and O–H groups in total. The average molecular weight is 449 g/mol. The van der Waals surface area contributed by atoms with Gasteiger partial charge < -0.3 is 9.15 Å². The highest BCUT2D eigenvalue weighted by atomic mass is 32.2. The normalized spacial score (nSPS) is 17.6. The van der Waals surface area contributed by atoms with E-state index in [1.165, 1.54) is 15.6 Å². The second-order valence-electron chi connectivity index (χ2n) is 6.77. The number of nitrogens with one attached hydrogen (secondary N) is 1. The SMILES string of the molecule is COc1cccc(-c2nnc(NC(=O)[C@@H]3CCCN(S(=O)(=O)c4cccs4)C3)o2)c1. The number of carbonyl (C=O) groups is 1. The van der Waals surface area contributed by atoms with E-state index in [1.54, 1.807) is 48.9 Å². The molecule has 0 spiro atoms. The van der Waals surface area contributed by atoms with Crippen LogP contribution in [0.1, 0.15) is 12.8 Å². The zero-order valence-electron chi connectivity index (χ0n) is 16.1. The Bertz CT molecular complexity index is 1130. The van der Waals surface area contributed by atoms with Gasteiger partial charge >= 0.3 is 6.01 Å². The fourth-order valence-electron chi connectivity index (χ4n) is 3.27. The smallest absolute Gasteiger partial charge is 0.322 e. The van der Waals surface area contributed by atoms with Gasteiger partial charge in [-0.2, -0.15) is 4.31 Å². The lowest BCUT2D eigenvalue weighted by Crippen LogP contribution is -2.43. The minimum Gasteiger partial charge on any atom is -0.497 e. The highest BCUT2D eigenvalue weighted by Gasteiger charge is 2.34. The van der Waals surface area contributed by atoms with E-state index in [0.717, 1.165) is 0 Å². The maximum Gasteiger partial charge on any atom is 0.322 e. The van der Waals surface area contributed by atoms with Crippen molar-refractivity contribution < 1.29 is 22.4 Å². The Kier molecular flexibility index (Phi) is 5.84. The van der Waals surface area contributed by atoms with Crippen LogP contribution in [0.2, 0.25) is 0 Å². The van der Waals surface area contributed by atoms with Gasteiger partial charge in [0.1, 0.15) is 9.96 Å². The first-order valence-corrected chi connectivity index (χ1v) is 11.6. The predicted octanol–water partition coefficient (Wildman–Crippen LogP) is 2.85. The van der Waals surface area contributed by atoms with E-state index in [0.29, 0.717) is 30.7 Å². The van der Waals surface area contributed by atoms with Gasteiger partial charge in [0.05, 0.1) is 13.0 Å². The van der Waals surface area contributed by atoms with Crippen molar-refractivity contribution in [2.45, 2.75) is 17.1 Å². The third-order valence-electron chi connectivity index (χ3n) is 4.82. The maximum atomic E-state index is 12.7. The van der Waals surface area contributed by atoms with Crippen LogP contribution in [0.5, 0.6) is 5.75 Å². The first-order chi connectivity index (χ1) is 14.5. The zero-order valence-corrected chi connectivity index (χ0v) is 17.8. The van der Waals surface area contributed by atoms with E-state index >= 15 is 0 Å². The van der Waals surface area contributed by atoms with Crippen LogP contribution in [-0.2, 0) is 14.8 Å². The fourth-order valence-corrected chi connectivity index (χ4v) is 5.93. The number of methoxy groups -OCH3 is 1. The summed E-state index contributed by atoms with van der Waals surface area (Å²) in [4.78, 5) is 12.7. The summed E-state index contributed by atoms with van der Waals surface area (Å²) in [6.45, 7) is 0.507. The molecule has 1 aliphatic rings. The third kappa shape index (κ3) is 4.23. The monoisotopic (exact) mass is 448 g/mol. The van der Waals surface area contributed by atoms with E-state index < -0.39 is 15.9 Å². The summed E-state index contributed by atoms with van der Waals surface area (Å²) in [6.07, 6.45) is 1.18. The molecular weight excluding hydrogens is 428 g/mol. The molecule has 4 rings (SSSR count). The van der Waals surface area contributed by atoms with Crippen molar-refractivity contribution >= 4 is 33.3 Å². The van der Waals surface area contributed by atoms with Crippen molar-refractivity contribution in [3.63, 3.8) is 0 Å². The van der Waals surface area contributed by atoms with Crippen molar-refractivity contribution in [2.75, 3.05) is 25.5 Å². The number of benzene rings is 1. The summed E-state index contributed by atoms with van der Waals surface area (Å²) in [5.41, 5.74) is 0.660. The number of thiophene rings is 1. The number of carbonyl (C=O) groups excluding carboxylic acids is 1. The molecule has 0 unspecified atom stereocenters. The highest BCUT2D eigenvalue weighted by molar-refractivity contribution is 7.91. The lowest BCUT2D eigenvalue weighted by atomic mass is 9.99. The Balaban J connectivity index is 1.43. The summed E-state index contributed by atoms with van der Waals surface area (Å²) >= 11 is 1.17. The molecule has 1 fully saturated rings. The minimum atomic E-state index is -3.59. The number of ether oxygens (including phenoxy) is 1. The standard InChI is InChI=1S/C19H20N4O5S2/c1-27-15-7-2-5-13(11-15)18-21-22-19(28-18)20-17(24)14-6-3-9-23(12-14)30(25,26)16-8-4-10-29-16/h2,4-5,7-8,10-11,14H,3,6,9,12H2,1H3,(H,20,22,24)/t14-/m1/s1. The fraction of sp³-hybridized carbons (Fsp3) is 0.316. The van der Waals surface area contributed by atoms with E-state index in [-0.39, 0.29) is 28.6 Å². The Labute approximate surface area is 177 Å². The molecule has 1 atom stereocenters. The third-order valence-corrected chi connectivity index (χ3v) is 8.05. The second-order valence-corrected chi connectivity index (χ2v) is 9.88. The topological polar surface area (TPSA) is 115 Å². The van der Waals surface area contributed by atoms with Crippen LogP contribution in [0, 0.1) is 5.92 Å². The Morgan fingerprint density at radius 3 is 2.93 bits per heavy atom. The van der Waals surface area contributed by atoms with Crippen LogP contribution in [0.15, 0.2) is 50.4 Å². The average Bonchev–Trinajstić information content (AvgIpc) is 3.47. The molecule has 30 heavy (non-hydrogen) atoms. The van der Waals surface area contributed by atoms with Crippen LogP contribution in [0.3, 0.4) is 0 Å². The van der Waals surface area contributed by atoms with Crippen LogP contribution >= 0.6 is 11.3 Å². The Morgan fingerprint density at radius 2 is 2.17 bits per heavy atom. The number of aromatic nitrogens is 2. The second kappa shape index (κ2) is 8.54. The molecule has 11 heteroatoms. The molecule has 3 heterocycles. The van der Waals surface area contributed by atoms with Gasteiger partial charge in [0.2, 0.25) is 11.8 Å². The number of hydrogen-bond acceptors (Lipinski definition) is 8. The van der Waals surface area contributed by atoms with Gasteiger partial charge in [-0.3, -0.25) is 10.1 Å². The van der Waals surface area contributed by atoms with Crippen molar-refractivity contribution in [3.8, 4) is 17.2 Å². The lowest BCUT2D eigenvalue weighted by Gasteiger charge is -2.30. The van der Waals surface area contributed by atoms with Gasteiger partial charge in [0.25, 0.3) is 10.0 Å². The van der Waals surface area contributed by atoms with Gasteiger partial charge in [0, 0.05) is 18.7 Å². The number of amides is 1. The Hall–Kier alpha value is -2.76. The summed E-state index contributed by atoms with van der Waals surface area (Å²) in [5.74, 6) is 0.0443. The molecule has 1 saturated heterocycles. The summed E-state index contributed by atoms with van der Waals surface area (Å²) < 4.78 is 37.8. The van der Waals surface area contributed by atoms with E-state index in [2.05, 4.69) is 15.5 Å². The van der Waals surface area contributed by atoms with E-state index in [9.17, 15) is 13.2 Å². The van der Waals surface area contributed by atoms with Crippen LogP contribution < -0.4 is 10.1 Å². The summed E-state index contributed by atoms with van der Waals surface area (Å²) in [6, 6.07) is 10.4. The van der Waals surface area contributed by atoms with Gasteiger partial charge in [-0.15, -0.1) is 16.4 Å². The first kappa shape index (κ1) is 20.5. The van der Waals surface area contributed by atoms with Gasteiger partial charge in [0.15, 0.2) is 0 Å². The lowest BCUT2D eigenvalue weighted by molar-refractivity contribution is -0.121. The highest BCUT2D eigenvalue weighted by Crippen LogP contribution is 2.28. The maximum absolute atomic E-state index is 12.7. The minimum absolute atomic E-state index is 0.0314. The van der Waals surface area contributed by atoms with E-state index in [4.69, 9.17) is 9.15 Å². The molecule has 158 valence electrons. The predicted molar refractivity (Wildman–Crippen MR) is 111 cm³/mol. The van der Waals surface area contributed by atoms with Crippen LogP contribution in [-0.4, -0.2) is 49.0 Å². The summed E-state index contributed by atoms with van der Waals surface area (Å²) in [5, 5.41) is 12.2. The Morgan fingerprint density at radius 1 is 1.30 bits per heavy atom. The summed E-state index contributed by atoms with van der Waals surface area (Å²) in [7, 11) is -2.03. The van der Waals surface area contributed by atoms with Gasteiger partial charge in [-0.05, 0) is 42.5 Å². The van der Waals surface area contributed by atoms with Crippen LogP contribution in [0.25, 0.3) is 11.5 Å². The number of anilines is 1. The van der Waals surface area contributed by atoms with Gasteiger partial charge in [-0.1, -0.05) is 17.2 Å². The molecule has 3 aromatic rings. The van der Waals surface area contributed by atoms with Crippen molar-refractivity contribution in [1.29, 1.82) is 0 Å². The molecular formula is C19H20N4O5S2. The van der Waals surface area contributed by atoms with Crippen molar-refractivity contribution in [1.82, 2.24) is 14.5 Å². The van der Waals surface area contributed by atoms with Crippen LogP contribution in [0.4, 0.5) is 6.01 Å². The molecule has 9 nitrogen and oxygen atoms in total. The number of rotatable bonds is 6. The number of hydrogen-bond donors (Lipinski definition) is 1. The van der Waals surface area contributed by atoms with Gasteiger partial charge in [-0.25, -0.2) is 8.42 Å². The molecule has 0 bridgehead atoms. The molecule has 0 aliphatic carbocycles. The van der Waals surface area contributed by atoms with E-state index in [1.807, 2.05) is 0 Å². The zero-order chi connectivity index (χ0) is 21.1. The number of piperidine rings is 1. The number of nitrogens with zero attached hydrogens (tertiary/aromatic N) is 3. The molecule has 2 aromatic heterocycles. The molecule has 1 aliphatic heterocycles. The largest absolute Gasteiger partial charge is 0.497 e. The first-order valence-electron chi connectivity index (χ1n) is 9.30. The quantitative estimate of drug-likeness (QED) is 0.617. The molecule has 1 aromatic carbocycles.